The summed E-state index contributed by atoms with van der Waals surface area (Å²) in [5.74, 6) is -1.27. The summed E-state index contributed by atoms with van der Waals surface area (Å²) in [5.41, 5.74) is 3.01. The summed E-state index contributed by atoms with van der Waals surface area (Å²) in [4.78, 5) is 25.3. The second kappa shape index (κ2) is 10.8. The second-order valence-electron chi connectivity index (χ2n) is 8.03. The van der Waals surface area contributed by atoms with Crippen molar-refractivity contribution in [3.05, 3.63) is 83.9 Å². The van der Waals surface area contributed by atoms with Crippen LogP contribution in [0.25, 0.3) is 11.1 Å². The first-order chi connectivity index (χ1) is 16.9. The molecular formula is C26H26N2O6S. The molecule has 35 heavy (non-hydrogen) atoms. The molecule has 1 aliphatic rings. The Morgan fingerprint density at radius 1 is 0.971 bits per heavy atom. The first-order valence-corrected chi connectivity index (χ1v) is 12.6. The topological polar surface area (TPSA) is 102 Å². The van der Waals surface area contributed by atoms with Crippen molar-refractivity contribution in [1.29, 1.82) is 0 Å². The highest BCUT2D eigenvalue weighted by Gasteiger charge is 2.27. The van der Waals surface area contributed by atoms with Crippen LogP contribution in [0.15, 0.2) is 77.7 Å². The molecule has 1 N–H and O–H groups in total. The Labute approximate surface area is 204 Å². The number of benzene rings is 3. The van der Waals surface area contributed by atoms with Gasteiger partial charge in [-0.3, -0.25) is 4.79 Å². The van der Waals surface area contributed by atoms with Gasteiger partial charge in [0.1, 0.15) is 0 Å². The number of carbonyl (C=O) groups is 2. The molecule has 0 atom stereocenters. The molecule has 1 fully saturated rings. The lowest BCUT2D eigenvalue weighted by atomic mass is 10.0. The van der Waals surface area contributed by atoms with Crippen molar-refractivity contribution in [3.8, 4) is 11.1 Å². The van der Waals surface area contributed by atoms with Crippen LogP contribution in [-0.2, 0) is 24.3 Å². The largest absolute Gasteiger partial charge is 0.452 e. The first-order valence-electron chi connectivity index (χ1n) is 11.2. The van der Waals surface area contributed by atoms with E-state index in [0.29, 0.717) is 24.5 Å². The normalized spacial score (nSPS) is 14.3. The maximum atomic E-state index is 12.9. The zero-order chi connectivity index (χ0) is 24.8. The number of para-hydroxylation sites is 1. The number of rotatable bonds is 7. The van der Waals surface area contributed by atoms with Crippen LogP contribution in [-0.4, -0.2) is 57.5 Å². The van der Waals surface area contributed by atoms with Crippen LogP contribution in [0.5, 0.6) is 0 Å². The number of nitrogens with one attached hydrogen (secondary N) is 1. The Balaban J connectivity index is 1.44. The lowest BCUT2D eigenvalue weighted by Crippen LogP contribution is -2.40. The van der Waals surface area contributed by atoms with Gasteiger partial charge in [0.25, 0.3) is 5.91 Å². The molecule has 4 rings (SSSR count). The minimum Gasteiger partial charge on any atom is -0.452 e. The fourth-order valence-corrected chi connectivity index (χ4v) is 5.21. The molecule has 1 amide bonds. The summed E-state index contributed by atoms with van der Waals surface area (Å²) in [6.45, 7) is 2.31. The Kier molecular flexibility index (Phi) is 7.60. The Morgan fingerprint density at radius 3 is 2.40 bits per heavy atom. The number of ether oxygens (including phenoxy) is 2. The van der Waals surface area contributed by atoms with E-state index in [1.807, 2.05) is 42.5 Å². The van der Waals surface area contributed by atoms with Crippen molar-refractivity contribution < 1.29 is 27.5 Å². The molecule has 0 unspecified atom stereocenters. The van der Waals surface area contributed by atoms with Gasteiger partial charge in [0.2, 0.25) is 10.0 Å². The van der Waals surface area contributed by atoms with Crippen LogP contribution in [0.1, 0.15) is 15.9 Å². The third-order valence-corrected chi connectivity index (χ3v) is 7.55. The van der Waals surface area contributed by atoms with Gasteiger partial charge in [-0.15, -0.1) is 0 Å². The van der Waals surface area contributed by atoms with Gasteiger partial charge < -0.3 is 14.8 Å². The molecule has 0 aliphatic carbocycles. The SMILES string of the molecule is Cc1ccc(S(=O)(=O)N2CCOCC2)cc1C(=O)OCC(=O)Nc1ccccc1-c1ccccc1. The van der Waals surface area contributed by atoms with Crippen LogP contribution in [0.4, 0.5) is 5.69 Å². The molecule has 3 aromatic carbocycles. The molecule has 1 aliphatic heterocycles. The zero-order valence-electron chi connectivity index (χ0n) is 19.3. The maximum Gasteiger partial charge on any atom is 0.338 e. The first kappa shape index (κ1) is 24.6. The summed E-state index contributed by atoms with van der Waals surface area (Å²) in [7, 11) is -3.77. The van der Waals surface area contributed by atoms with Crippen molar-refractivity contribution in [3.63, 3.8) is 0 Å². The Hall–Kier alpha value is -3.53. The molecule has 182 valence electrons. The van der Waals surface area contributed by atoms with Crippen LogP contribution < -0.4 is 5.32 Å². The summed E-state index contributed by atoms with van der Waals surface area (Å²) in [6.07, 6.45) is 0. The Morgan fingerprint density at radius 2 is 1.66 bits per heavy atom. The molecular weight excluding hydrogens is 468 g/mol. The molecule has 1 heterocycles. The number of nitrogens with zero attached hydrogens (tertiary/aromatic N) is 1. The number of sulfonamides is 1. The standard InChI is InChI=1S/C26H26N2O6S/c1-19-11-12-21(35(31,32)28-13-15-33-16-14-28)17-23(19)26(30)34-18-25(29)27-24-10-6-5-9-22(24)20-7-3-2-4-8-20/h2-12,17H,13-16,18H2,1H3,(H,27,29). The van der Waals surface area contributed by atoms with Crippen molar-refractivity contribution in [2.24, 2.45) is 0 Å². The third-order valence-electron chi connectivity index (χ3n) is 5.66. The number of amides is 1. The van der Waals surface area contributed by atoms with E-state index >= 15 is 0 Å². The number of esters is 1. The van der Waals surface area contributed by atoms with E-state index in [2.05, 4.69) is 5.32 Å². The average molecular weight is 495 g/mol. The highest BCUT2D eigenvalue weighted by Crippen LogP contribution is 2.27. The van der Waals surface area contributed by atoms with Crippen molar-refractivity contribution in [2.45, 2.75) is 11.8 Å². The van der Waals surface area contributed by atoms with Crippen LogP contribution in [0, 0.1) is 6.92 Å². The molecule has 8 nitrogen and oxygen atoms in total. The lowest BCUT2D eigenvalue weighted by molar-refractivity contribution is -0.119. The van der Waals surface area contributed by atoms with E-state index in [4.69, 9.17) is 9.47 Å². The highest BCUT2D eigenvalue weighted by molar-refractivity contribution is 7.89. The lowest BCUT2D eigenvalue weighted by Gasteiger charge is -2.26. The predicted molar refractivity (Wildman–Crippen MR) is 132 cm³/mol. The van der Waals surface area contributed by atoms with Gasteiger partial charge in [0, 0.05) is 24.3 Å². The summed E-state index contributed by atoms with van der Waals surface area (Å²) in [6, 6.07) is 21.3. The monoisotopic (exact) mass is 494 g/mol. The average Bonchev–Trinajstić information content (AvgIpc) is 2.89. The molecule has 1 saturated heterocycles. The minimum atomic E-state index is -3.77. The zero-order valence-corrected chi connectivity index (χ0v) is 20.1. The number of carbonyl (C=O) groups excluding carboxylic acids is 2. The number of aryl methyl sites for hydroxylation is 1. The summed E-state index contributed by atoms with van der Waals surface area (Å²) >= 11 is 0. The van der Waals surface area contributed by atoms with Gasteiger partial charge in [-0.25, -0.2) is 13.2 Å². The molecule has 0 saturated carbocycles. The smallest absolute Gasteiger partial charge is 0.338 e. The molecule has 0 spiro atoms. The van der Waals surface area contributed by atoms with E-state index < -0.39 is 28.5 Å². The molecule has 3 aromatic rings. The molecule has 0 bridgehead atoms. The number of anilines is 1. The van der Waals surface area contributed by atoms with Gasteiger partial charge in [-0.05, 0) is 36.2 Å². The highest BCUT2D eigenvalue weighted by atomic mass is 32.2. The van der Waals surface area contributed by atoms with Gasteiger partial charge in [0.05, 0.1) is 23.7 Å². The quantitative estimate of drug-likeness (QED) is 0.505. The Bertz CT molecular complexity index is 1320. The molecule has 9 heteroatoms. The fraction of sp³-hybridized carbons (Fsp3) is 0.231. The van der Waals surface area contributed by atoms with Gasteiger partial charge in [0.15, 0.2) is 6.61 Å². The van der Waals surface area contributed by atoms with E-state index in [1.54, 1.807) is 25.1 Å². The van der Waals surface area contributed by atoms with Crippen LogP contribution in [0.3, 0.4) is 0 Å². The summed E-state index contributed by atoms with van der Waals surface area (Å²) < 4.78 is 37.7. The number of hydrogen-bond donors (Lipinski definition) is 1. The molecule has 0 aromatic heterocycles. The predicted octanol–water partition coefficient (Wildman–Crippen LogP) is 3.48. The van der Waals surface area contributed by atoms with Gasteiger partial charge in [-0.2, -0.15) is 4.31 Å². The van der Waals surface area contributed by atoms with E-state index in [-0.39, 0.29) is 23.5 Å². The van der Waals surface area contributed by atoms with Crippen molar-refractivity contribution in [2.75, 3.05) is 38.2 Å². The third kappa shape index (κ3) is 5.76. The second-order valence-corrected chi connectivity index (χ2v) is 9.97. The number of morpholine rings is 1. The van der Waals surface area contributed by atoms with Gasteiger partial charge in [-0.1, -0.05) is 54.6 Å². The van der Waals surface area contributed by atoms with E-state index in [1.165, 1.54) is 16.4 Å². The fourth-order valence-electron chi connectivity index (χ4n) is 3.77. The molecule has 0 radical (unpaired) electrons. The number of hydrogen-bond acceptors (Lipinski definition) is 6. The maximum absolute atomic E-state index is 12.9. The van der Waals surface area contributed by atoms with E-state index in [0.717, 1.165) is 11.1 Å². The minimum absolute atomic E-state index is 0.00168. The van der Waals surface area contributed by atoms with E-state index in [9.17, 15) is 18.0 Å². The van der Waals surface area contributed by atoms with Gasteiger partial charge >= 0.3 is 5.97 Å². The van der Waals surface area contributed by atoms with Crippen LogP contribution in [0.2, 0.25) is 0 Å². The summed E-state index contributed by atoms with van der Waals surface area (Å²) in [5, 5.41) is 2.78. The van der Waals surface area contributed by atoms with Crippen molar-refractivity contribution in [1.82, 2.24) is 4.31 Å². The van der Waals surface area contributed by atoms with Crippen LogP contribution >= 0.6 is 0 Å². The van der Waals surface area contributed by atoms with Crippen molar-refractivity contribution >= 4 is 27.6 Å².